The maximum atomic E-state index is 4.85. The highest BCUT2D eigenvalue weighted by Crippen LogP contribution is 2.43. The summed E-state index contributed by atoms with van der Waals surface area (Å²) in [5.41, 5.74) is 0.750. The molecule has 0 aliphatic heterocycles. The lowest BCUT2D eigenvalue weighted by atomic mass is 10.2. The third-order valence-corrected chi connectivity index (χ3v) is 1.25. The predicted octanol–water partition coefficient (Wildman–Crippen LogP) is 3.74. The van der Waals surface area contributed by atoms with Crippen LogP contribution in [-0.2, 0) is 0 Å². The fourth-order valence-electron chi connectivity index (χ4n) is 0.250. The van der Waals surface area contributed by atoms with E-state index in [1.54, 1.807) is 0 Å². The Balaban J connectivity index is 0. The zero-order chi connectivity index (χ0) is 10.2. The molecule has 1 nitrogen and oxygen atoms in total. The number of halogens is 2. The normalized spacial score (nSPS) is 16.2. The largest absolute Gasteiger partial charge is 0.304 e. The molecule has 0 radical (unpaired) electrons. The van der Waals surface area contributed by atoms with Crippen LogP contribution in [0.2, 0.25) is 0 Å². The van der Waals surface area contributed by atoms with E-state index in [1.165, 1.54) is 12.8 Å². The molecule has 1 N–H and O–H groups in total. The SMILES string of the molecule is C=C(Cl)Cl.CC1(C)CC1.CNP. The summed E-state index contributed by atoms with van der Waals surface area (Å²) in [5.74, 6) is 0. The fraction of sp³-hybridized carbons (Fsp3) is 0.750. The number of nitrogens with one attached hydrogen (secondary N) is 1. The molecule has 1 aliphatic carbocycles. The molecule has 1 rings (SSSR count). The second-order valence-corrected chi connectivity index (χ2v) is 4.97. The summed E-state index contributed by atoms with van der Waals surface area (Å²) in [7, 11) is 4.17. The van der Waals surface area contributed by atoms with Crippen molar-refractivity contribution < 1.29 is 0 Å². The highest BCUT2D eigenvalue weighted by Gasteiger charge is 2.30. The van der Waals surface area contributed by atoms with Crippen LogP contribution in [0.25, 0.3) is 0 Å². The minimum atomic E-state index is 0.111. The molecule has 1 saturated carbocycles. The second kappa shape index (κ2) is 8.31. The molecule has 1 aliphatic rings. The first-order valence-electron chi connectivity index (χ1n) is 3.73. The molecular formula is C8H18Cl2NP. The van der Waals surface area contributed by atoms with Gasteiger partial charge in [0.05, 0.1) is 4.49 Å². The Morgan fingerprint density at radius 2 is 1.50 bits per heavy atom. The molecule has 1 unspecified atom stereocenters. The molecule has 0 spiro atoms. The van der Waals surface area contributed by atoms with Crippen molar-refractivity contribution in [2.24, 2.45) is 5.41 Å². The molecule has 0 amide bonds. The molecule has 0 aromatic rings. The molecule has 0 aromatic heterocycles. The lowest BCUT2D eigenvalue weighted by Crippen LogP contribution is -1.75. The first-order valence-corrected chi connectivity index (χ1v) is 5.06. The van der Waals surface area contributed by atoms with Crippen LogP contribution in [0.15, 0.2) is 11.1 Å². The summed E-state index contributed by atoms with van der Waals surface area (Å²) < 4.78 is 0.111. The van der Waals surface area contributed by atoms with Gasteiger partial charge < -0.3 is 5.09 Å². The van der Waals surface area contributed by atoms with Crippen molar-refractivity contribution in [3.8, 4) is 0 Å². The fourth-order valence-corrected chi connectivity index (χ4v) is 0.250. The van der Waals surface area contributed by atoms with Crippen molar-refractivity contribution in [2.45, 2.75) is 26.7 Å². The molecule has 4 heteroatoms. The van der Waals surface area contributed by atoms with E-state index in [1.807, 2.05) is 7.05 Å². The van der Waals surface area contributed by atoms with Gasteiger partial charge in [0.2, 0.25) is 0 Å². The van der Waals surface area contributed by atoms with E-state index >= 15 is 0 Å². The standard InChI is InChI=1S/C5H10.C2H2Cl2.CH6NP/c1-5(2)3-4-5;1-2(3)4;1-2-3/h3-4H2,1-2H3;1H2;2H,3H2,1H3. The molecule has 12 heavy (non-hydrogen) atoms. The van der Waals surface area contributed by atoms with E-state index in [-0.39, 0.29) is 4.49 Å². The van der Waals surface area contributed by atoms with Gasteiger partial charge in [0, 0.05) is 0 Å². The summed E-state index contributed by atoms with van der Waals surface area (Å²) in [6.07, 6.45) is 2.90. The van der Waals surface area contributed by atoms with E-state index in [9.17, 15) is 0 Å². The van der Waals surface area contributed by atoms with Gasteiger partial charge in [0.15, 0.2) is 0 Å². The molecular weight excluding hydrogens is 212 g/mol. The summed E-state index contributed by atoms with van der Waals surface area (Å²) in [6, 6.07) is 0. The lowest BCUT2D eigenvalue weighted by molar-refractivity contribution is 0.653. The van der Waals surface area contributed by atoms with Crippen molar-refractivity contribution in [3.63, 3.8) is 0 Å². The van der Waals surface area contributed by atoms with Crippen molar-refractivity contribution in [1.82, 2.24) is 5.09 Å². The van der Waals surface area contributed by atoms with Gasteiger partial charge in [-0.05, 0) is 25.3 Å². The van der Waals surface area contributed by atoms with E-state index in [2.05, 4.69) is 34.9 Å². The smallest absolute Gasteiger partial charge is 0.0992 e. The van der Waals surface area contributed by atoms with Gasteiger partial charge in [-0.15, -0.1) is 0 Å². The van der Waals surface area contributed by atoms with Crippen molar-refractivity contribution >= 4 is 32.6 Å². The summed E-state index contributed by atoms with van der Waals surface area (Å²) in [5, 5.41) is 2.67. The van der Waals surface area contributed by atoms with Crippen LogP contribution in [0.5, 0.6) is 0 Å². The molecule has 1 fully saturated rings. The highest BCUT2D eigenvalue weighted by atomic mass is 35.5. The van der Waals surface area contributed by atoms with Crippen LogP contribution in [-0.4, -0.2) is 7.05 Å². The van der Waals surface area contributed by atoms with Gasteiger partial charge in [-0.1, -0.05) is 53.0 Å². The van der Waals surface area contributed by atoms with E-state index < -0.39 is 0 Å². The summed E-state index contributed by atoms with van der Waals surface area (Å²) >= 11 is 9.69. The van der Waals surface area contributed by atoms with Gasteiger partial charge in [-0.25, -0.2) is 0 Å². The van der Waals surface area contributed by atoms with Crippen molar-refractivity contribution in [3.05, 3.63) is 11.1 Å². The molecule has 1 atom stereocenters. The van der Waals surface area contributed by atoms with Crippen LogP contribution >= 0.6 is 32.6 Å². The number of rotatable bonds is 0. The predicted molar refractivity (Wildman–Crippen MR) is 62.6 cm³/mol. The van der Waals surface area contributed by atoms with E-state index in [4.69, 9.17) is 23.2 Å². The Labute approximate surface area is 88.2 Å². The number of hydrogen-bond acceptors (Lipinski definition) is 1. The maximum absolute atomic E-state index is 4.85. The number of hydrogen-bond donors (Lipinski definition) is 1. The van der Waals surface area contributed by atoms with Gasteiger partial charge >= 0.3 is 0 Å². The van der Waals surface area contributed by atoms with E-state index in [0.717, 1.165) is 5.41 Å². The third-order valence-electron chi connectivity index (χ3n) is 1.25. The zero-order valence-electron chi connectivity index (χ0n) is 7.95. The summed E-state index contributed by atoms with van der Waals surface area (Å²) in [4.78, 5) is 0. The Morgan fingerprint density at radius 3 is 1.50 bits per heavy atom. The van der Waals surface area contributed by atoms with Crippen LogP contribution in [0.3, 0.4) is 0 Å². The Bertz CT molecular complexity index is 116. The van der Waals surface area contributed by atoms with Gasteiger partial charge in [-0.2, -0.15) is 0 Å². The van der Waals surface area contributed by atoms with Crippen LogP contribution in [0.4, 0.5) is 0 Å². The minimum absolute atomic E-state index is 0.111. The monoisotopic (exact) mass is 229 g/mol. The highest BCUT2D eigenvalue weighted by molar-refractivity contribution is 7.13. The van der Waals surface area contributed by atoms with Crippen molar-refractivity contribution in [1.29, 1.82) is 0 Å². The molecule has 0 heterocycles. The molecule has 0 aromatic carbocycles. The molecule has 0 saturated heterocycles. The average Bonchev–Trinajstić information content (AvgIpc) is 2.46. The minimum Gasteiger partial charge on any atom is -0.304 e. The van der Waals surface area contributed by atoms with Crippen molar-refractivity contribution in [2.75, 3.05) is 7.05 Å². The lowest BCUT2D eigenvalue weighted by Gasteiger charge is -1.86. The van der Waals surface area contributed by atoms with Crippen LogP contribution in [0, 0.1) is 5.41 Å². The van der Waals surface area contributed by atoms with Crippen LogP contribution < -0.4 is 5.09 Å². The maximum Gasteiger partial charge on any atom is 0.0992 e. The molecule has 74 valence electrons. The Hall–Kier alpha value is 0.710. The Kier molecular flexibility index (Phi) is 10.5. The Morgan fingerprint density at radius 1 is 1.42 bits per heavy atom. The van der Waals surface area contributed by atoms with Crippen LogP contribution in [0.1, 0.15) is 26.7 Å². The third kappa shape index (κ3) is 31.0. The van der Waals surface area contributed by atoms with Gasteiger partial charge in [0.1, 0.15) is 0 Å². The molecule has 0 bridgehead atoms. The quantitative estimate of drug-likeness (QED) is 0.625. The average molecular weight is 230 g/mol. The van der Waals surface area contributed by atoms with Gasteiger partial charge in [-0.3, -0.25) is 0 Å². The van der Waals surface area contributed by atoms with Gasteiger partial charge in [0.25, 0.3) is 0 Å². The van der Waals surface area contributed by atoms with E-state index in [0.29, 0.717) is 0 Å². The second-order valence-electron chi connectivity index (χ2n) is 3.29. The topological polar surface area (TPSA) is 12.0 Å². The first kappa shape index (κ1) is 15.2. The first-order chi connectivity index (χ1) is 5.35. The zero-order valence-corrected chi connectivity index (χ0v) is 10.6. The summed E-state index contributed by atoms with van der Waals surface area (Å²) in [6.45, 7) is 7.68.